The summed E-state index contributed by atoms with van der Waals surface area (Å²) in [6, 6.07) is 7.85. The number of hydrogen-bond donors (Lipinski definition) is 2. The molecule has 0 aliphatic heterocycles. The van der Waals surface area contributed by atoms with E-state index in [1.54, 1.807) is 0 Å². The molecule has 0 radical (unpaired) electrons. The van der Waals surface area contributed by atoms with Crippen molar-refractivity contribution in [1.82, 2.24) is 15.2 Å². The fourth-order valence-electron chi connectivity index (χ4n) is 3.89. The second kappa shape index (κ2) is 8.79. The SMILES string of the molecule is COC(=O)c1c(NC(=O)CSc2nnc(-c3c[nH]c4ccccc34)o2)sc2c1CCCC2. The fourth-order valence-corrected chi connectivity index (χ4v) is 5.74. The lowest BCUT2D eigenvalue weighted by molar-refractivity contribution is -0.113. The maximum absolute atomic E-state index is 12.6. The smallest absolute Gasteiger partial charge is 0.341 e. The van der Waals surface area contributed by atoms with Gasteiger partial charge in [0.15, 0.2) is 0 Å². The minimum atomic E-state index is -0.410. The highest BCUT2D eigenvalue weighted by molar-refractivity contribution is 7.99. The number of amides is 1. The van der Waals surface area contributed by atoms with Crippen LogP contribution in [0.25, 0.3) is 22.4 Å². The van der Waals surface area contributed by atoms with Crippen molar-refractivity contribution in [3.63, 3.8) is 0 Å². The lowest BCUT2D eigenvalue weighted by atomic mass is 9.95. The van der Waals surface area contributed by atoms with Crippen molar-refractivity contribution < 1.29 is 18.7 Å². The molecule has 4 aromatic rings. The predicted octanol–water partition coefficient (Wildman–Crippen LogP) is 4.68. The van der Waals surface area contributed by atoms with Gasteiger partial charge in [0.1, 0.15) is 5.00 Å². The number of nitrogens with one attached hydrogen (secondary N) is 2. The molecular formula is C22H20N4O4S2. The number of rotatable bonds is 6. The third kappa shape index (κ3) is 3.91. The van der Waals surface area contributed by atoms with E-state index in [4.69, 9.17) is 9.15 Å². The number of methoxy groups -OCH3 is 1. The van der Waals surface area contributed by atoms with Crippen molar-refractivity contribution in [2.24, 2.45) is 0 Å². The van der Waals surface area contributed by atoms with Gasteiger partial charge in [0.05, 0.1) is 24.0 Å². The molecule has 0 saturated heterocycles. The Morgan fingerprint density at radius 1 is 1.25 bits per heavy atom. The molecule has 1 aliphatic rings. The number of hydrogen-bond acceptors (Lipinski definition) is 8. The van der Waals surface area contributed by atoms with E-state index in [2.05, 4.69) is 20.5 Å². The zero-order chi connectivity index (χ0) is 22.1. The first-order chi connectivity index (χ1) is 15.6. The number of fused-ring (bicyclic) bond motifs is 2. The number of aryl methyl sites for hydroxylation is 1. The number of ether oxygens (including phenoxy) is 1. The molecule has 2 N–H and O–H groups in total. The molecule has 0 spiro atoms. The predicted molar refractivity (Wildman–Crippen MR) is 123 cm³/mol. The van der Waals surface area contributed by atoms with Crippen molar-refractivity contribution in [3.8, 4) is 11.5 Å². The van der Waals surface area contributed by atoms with Crippen LogP contribution in [0.4, 0.5) is 5.00 Å². The molecule has 3 heterocycles. The molecule has 8 nitrogen and oxygen atoms in total. The molecule has 0 atom stereocenters. The van der Waals surface area contributed by atoms with E-state index in [9.17, 15) is 9.59 Å². The number of anilines is 1. The van der Waals surface area contributed by atoms with Crippen molar-refractivity contribution >= 4 is 50.9 Å². The Bertz CT molecular complexity index is 1310. The van der Waals surface area contributed by atoms with Crippen LogP contribution in [0.15, 0.2) is 40.1 Å². The third-order valence-electron chi connectivity index (χ3n) is 5.37. The Morgan fingerprint density at radius 3 is 2.97 bits per heavy atom. The van der Waals surface area contributed by atoms with Crippen LogP contribution in [0.3, 0.4) is 0 Å². The normalized spacial score (nSPS) is 13.2. The van der Waals surface area contributed by atoms with E-state index >= 15 is 0 Å². The molecule has 32 heavy (non-hydrogen) atoms. The summed E-state index contributed by atoms with van der Waals surface area (Å²) in [6.07, 6.45) is 5.71. The van der Waals surface area contributed by atoms with E-state index in [1.807, 2.05) is 30.5 Å². The van der Waals surface area contributed by atoms with Gasteiger partial charge in [-0.05, 0) is 37.3 Å². The van der Waals surface area contributed by atoms with Gasteiger partial charge in [-0.3, -0.25) is 4.79 Å². The molecule has 0 bridgehead atoms. The highest BCUT2D eigenvalue weighted by atomic mass is 32.2. The zero-order valence-corrected chi connectivity index (χ0v) is 18.9. The maximum Gasteiger partial charge on any atom is 0.341 e. The number of nitrogens with zero attached hydrogens (tertiary/aromatic N) is 2. The molecule has 164 valence electrons. The van der Waals surface area contributed by atoms with Crippen LogP contribution in [0, 0.1) is 0 Å². The number of aromatic nitrogens is 3. The average Bonchev–Trinajstić information content (AvgIpc) is 3.53. The Balaban J connectivity index is 1.27. The van der Waals surface area contributed by atoms with Crippen LogP contribution >= 0.6 is 23.1 Å². The quantitative estimate of drug-likeness (QED) is 0.312. The van der Waals surface area contributed by atoms with E-state index in [1.165, 1.54) is 18.4 Å². The van der Waals surface area contributed by atoms with Gasteiger partial charge in [-0.2, -0.15) is 0 Å². The first kappa shape index (κ1) is 20.8. The molecular weight excluding hydrogens is 448 g/mol. The highest BCUT2D eigenvalue weighted by Gasteiger charge is 2.27. The molecule has 1 amide bonds. The Hall–Kier alpha value is -3.11. The minimum absolute atomic E-state index is 0.0820. The van der Waals surface area contributed by atoms with Crippen LogP contribution in [0.5, 0.6) is 0 Å². The highest BCUT2D eigenvalue weighted by Crippen LogP contribution is 2.38. The van der Waals surface area contributed by atoms with E-state index in [0.29, 0.717) is 21.7 Å². The summed E-state index contributed by atoms with van der Waals surface area (Å²) >= 11 is 2.61. The second-order valence-corrected chi connectivity index (χ2v) is 9.40. The number of thiophene rings is 1. The van der Waals surface area contributed by atoms with Gasteiger partial charge >= 0.3 is 5.97 Å². The van der Waals surface area contributed by atoms with Crippen LogP contribution in [0.2, 0.25) is 0 Å². The summed E-state index contributed by atoms with van der Waals surface area (Å²) in [5, 5.41) is 12.9. The molecule has 0 fully saturated rings. The standard InChI is InChI=1S/C22H20N4O4S2/c1-29-21(28)18-13-7-3-5-9-16(13)32-20(18)24-17(27)11-31-22-26-25-19(30-22)14-10-23-15-8-4-2-6-12(14)15/h2,4,6,8,10,23H,3,5,7,9,11H2,1H3,(H,24,27). The number of H-pyrrole nitrogens is 1. The fraction of sp³-hybridized carbons (Fsp3) is 0.273. The number of carbonyl (C=O) groups excluding carboxylic acids is 2. The van der Waals surface area contributed by atoms with Gasteiger partial charge < -0.3 is 19.5 Å². The second-order valence-electron chi connectivity index (χ2n) is 7.36. The molecule has 5 rings (SSSR count). The van der Waals surface area contributed by atoms with Gasteiger partial charge in [0.25, 0.3) is 11.1 Å². The molecule has 0 unspecified atom stereocenters. The maximum atomic E-state index is 12.6. The molecule has 3 aromatic heterocycles. The van der Waals surface area contributed by atoms with E-state index in [0.717, 1.165) is 64.4 Å². The number of thioether (sulfide) groups is 1. The average molecular weight is 469 g/mol. The summed E-state index contributed by atoms with van der Waals surface area (Å²) in [7, 11) is 1.36. The Kier molecular flexibility index (Phi) is 5.71. The van der Waals surface area contributed by atoms with Crippen molar-refractivity contribution in [3.05, 3.63) is 46.5 Å². The summed E-state index contributed by atoms with van der Waals surface area (Å²) in [5.41, 5.74) is 3.30. The first-order valence-electron chi connectivity index (χ1n) is 10.2. The molecule has 1 aliphatic carbocycles. The van der Waals surface area contributed by atoms with Crippen molar-refractivity contribution in [2.45, 2.75) is 30.9 Å². The van der Waals surface area contributed by atoms with Crippen LogP contribution in [0.1, 0.15) is 33.6 Å². The zero-order valence-electron chi connectivity index (χ0n) is 17.3. The van der Waals surface area contributed by atoms with Crippen LogP contribution in [-0.4, -0.2) is 39.9 Å². The summed E-state index contributed by atoms with van der Waals surface area (Å²) < 4.78 is 10.7. The first-order valence-corrected chi connectivity index (χ1v) is 12.0. The monoisotopic (exact) mass is 468 g/mol. The largest absolute Gasteiger partial charge is 0.465 e. The summed E-state index contributed by atoms with van der Waals surface area (Å²) in [4.78, 5) is 29.3. The number of aromatic amines is 1. The topological polar surface area (TPSA) is 110 Å². The van der Waals surface area contributed by atoms with Gasteiger partial charge in [-0.25, -0.2) is 4.79 Å². The van der Waals surface area contributed by atoms with E-state index < -0.39 is 5.97 Å². The van der Waals surface area contributed by atoms with Crippen molar-refractivity contribution in [1.29, 1.82) is 0 Å². The minimum Gasteiger partial charge on any atom is -0.465 e. The van der Waals surface area contributed by atoms with E-state index in [-0.39, 0.29) is 11.7 Å². The van der Waals surface area contributed by atoms with Gasteiger partial charge in [-0.1, -0.05) is 30.0 Å². The van der Waals surface area contributed by atoms with Crippen LogP contribution < -0.4 is 5.32 Å². The van der Waals surface area contributed by atoms with Gasteiger partial charge in [0, 0.05) is 22.0 Å². The van der Waals surface area contributed by atoms with Crippen molar-refractivity contribution in [2.75, 3.05) is 18.2 Å². The number of benzene rings is 1. The van der Waals surface area contributed by atoms with Crippen LogP contribution in [-0.2, 0) is 22.4 Å². The lowest BCUT2D eigenvalue weighted by Gasteiger charge is -2.11. The molecule has 10 heteroatoms. The van der Waals surface area contributed by atoms with Gasteiger partial charge in [0.2, 0.25) is 5.91 Å². The molecule has 0 saturated carbocycles. The molecule has 1 aromatic carbocycles. The summed E-state index contributed by atoms with van der Waals surface area (Å²) in [5.74, 6) is -0.180. The number of esters is 1. The Labute approximate surface area is 191 Å². The number of para-hydroxylation sites is 1. The number of carbonyl (C=O) groups is 2. The third-order valence-corrected chi connectivity index (χ3v) is 7.39. The Morgan fingerprint density at radius 2 is 2.09 bits per heavy atom. The van der Waals surface area contributed by atoms with Gasteiger partial charge in [-0.15, -0.1) is 21.5 Å². The summed E-state index contributed by atoms with van der Waals surface area (Å²) in [6.45, 7) is 0. The lowest BCUT2D eigenvalue weighted by Crippen LogP contribution is -2.16.